The molecule has 238 valence electrons. The molecule has 1 rings (SSSR count). The molecule has 0 aromatic rings. The number of unbranched alkanes of at least 4 members (excludes halogenated alkanes) is 26. The molecule has 3 heteroatoms. The third-order valence-electron chi connectivity index (χ3n) is 9.42. The molecule has 0 aliphatic carbocycles. The number of hydrogen-bond donors (Lipinski definition) is 1. The monoisotopic (exact) mass is 564 g/mol. The Bertz CT molecular complexity index is 536. The van der Waals surface area contributed by atoms with E-state index >= 15 is 0 Å². The maximum absolute atomic E-state index is 10.8. The predicted molar refractivity (Wildman–Crippen MR) is 179 cm³/mol. The molecule has 1 aliphatic heterocycles. The van der Waals surface area contributed by atoms with Gasteiger partial charge in [0.1, 0.15) is 19.2 Å². The highest BCUT2D eigenvalue weighted by Crippen LogP contribution is 2.19. The molecule has 3 nitrogen and oxygen atoms in total. The second-order valence-electron chi connectivity index (χ2n) is 13.5. The van der Waals surface area contributed by atoms with Gasteiger partial charge in [-0.1, -0.05) is 181 Å². The van der Waals surface area contributed by atoms with Crippen molar-refractivity contribution in [1.82, 2.24) is 0 Å². The van der Waals surface area contributed by atoms with Crippen LogP contribution in [0, 0.1) is 0 Å². The molecule has 0 radical (unpaired) electrons. The highest BCUT2D eigenvalue weighted by atomic mass is 16.3. The van der Waals surface area contributed by atoms with Crippen LogP contribution in [-0.2, 0) is 0 Å². The van der Waals surface area contributed by atoms with Gasteiger partial charge in [-0.15, -0.1) is 0 Å². The van der Waals surface area contributed by atoms with Crippen LogP contribution >= 0.6 is 0 Å². The van der Waals surface area contributed by atoms with E-state index in [1.807, 2.05) is 0 Å². The minimum absolute atomic E-state index is 0.159. The van der Waals surface area contributed by atoms with Crippen LogP contribution in [0.3, 0.4) is 0 Å². The van der Waals surface area contributed by atoms with Crippen LogP contribution < -0.4 is 0 Å². The molecule has 0 aromatic heterocycles. The van der Waals surface area contributed by atoms with Gasteiger partial charge in [-0.2, -0.15) is 0 Å². The van der Waals surface area contributed by atoms with Crippen molar-refractivity contribution >= 4 is 6.34 Å². The van der Waals surface area contributed by atoms with Gasteiger partial charge in [0.25, 0.3) is 0 Å². The lowest BCUT2D eigenvalue weighted by atomic mass is 10.0. The Morgan fingerprint density at radius 3 is 1.23 bits per heavy atom. The maximum Gasteiger partial charge on any atom is 0.185 e. The van der Waals surface area contributed by atoms with Crippen molar-refractivity contribution < 1.29 is 9.59 Å². The van der Waals surface area contributed by atoms with Crippen molar-refractivity contribution in [3.63, 3.8) is 0 Å². The zero-order valence-electron chi connectivity index (χ0n) is 27.8. The molecule has 0 spiro atoms. The van der Waals surface area contributed by atoms with E-state index in [2.05, 4.69) is 25.2 Å². The normalized spacial score (nSPS) is 17.7. The molecule has 40 heavy (non-hydrogen) atoms. The largest absolute Gasteiger partial charge is 0.387 e. The summed E-state index contributed by atoms with van der Waals surface area (Å²) in [5.74, 6) is 0. The van der Waals surface area contributed by atoms with E-state index in [9.17, 15) is 5.11 Å². The Hall–Kier alpha value is -0.410. The van der Waals surface area contributed by atoms with Crippen LogP contribution in [0.25, 0.3) is 0 Å². The van der Waals surface area contributed by atoms with Gasteiger partial charge in [0.05, 0.1) is 13.1 Å². The molecule has 0 fully saturated rings. The first kappa shape index (κ1) is 37.6. The smallest absolute Gasteiger partial charge is 0.185 e. The van der Waals surface area contributed by atoms with Crippen molar-refractivity contribution in [1.29, 1.82) is 0 Å². The summed E-state index contributed by atoms with van der Waals surface area (Å²) in [5.41, 5.74) is 0. The summed E-state index contributed by atoms with van der Waals surface area (Å²) < 4.78 is 0.942. The Morgan fingerprint density at radius 1 is 0.525 bits per heavy atom. The fraction of sp³-hybridized carbons (Fsp3) is 0.973. The van der Waals surface area contributed by atoms with Crippen LogP contribution in [0.1, 0.15) is 200 Å². The van der Waals surface area contributed by atoms with E-state index < -0.39 is 0 Å². The zero-order chi connectivity index (χ0) is 28.8. The van der Waals surface area contributed by atoms with E-state index in [4.69, 9.17) is 0 Å². The van der Waals surface area contributed by atoms with E-state index in [1.165, 1.54) is 186 Å². The molecule has 0 aromatic carbocycles. The average molecular weight is 564 g/mol. The van der Waals surface area contributed by atoms with Crippen LogP contribution in [0.2, 0.25) is 0 Å². The fourth-order valence-corrected chi connectivity index (χ4v) is 6.65. The average Bonchev–Trinajstić information content (AvgIpc) is 3.41. The topological polar surface area (TPSA) is 32.6 Å². The van der Waals surface area contributed by atoms with Gasteiger partial charge < -0.3 is 5.11 Å². The van der Waals surface area contributed by atoms with Gasteiger partial charge in [0.15, 0.2) is 6.34 Å². The van der Waals surface area contributed by atoms with Gasteiger partial charge in [-0.25, -0.2) is 4.99 Å². The van der Waals surface area contributed by atoms with Crippen LogP contribution in [0.4, 0.5) is 0 Å². The SMILES string of the molecule is CCCCCCCCCCCCCCCCCCC(O)C[N+]1(CCCCCCCCCCCCCC)C=NCC1. The number of rotatable bonds is 32. The fourth-order valence-electron chi connectivity index (χ4n) is 6.65. The highest BCUT2D eigenvalue weighted by molar-refractivity contribution is 5.48. The summed E-state index contributed by atoms with van der Waals surface area (Å²) in [4.78, 5) is 4.58. The van der Waals surface area contributed by atoms with Gasteiger partial charge in [-0.05, 0) is 19.3 Å². The number of hydrogen-bond acceptors (Lipinski definition) is 2. The summed E-state index contributed by atoms with van der Waals surface area (Å²) in [7, 11) is 0. The Balaban J connectivity index is 1.92. The predicted octanol–water partition coefficient (Wildman–Crippen LogP) is 11.6. The van der Waals surface area contributed by atoms with Crippen molar-refractivity contribution in [2.75, 3.05) is 26.2 Å². The second-order valence-corrected chi connectivity index (χ2v) is 13.5. The Kier molecular flexibility index (Phi) is 27.0. The quantitative estimate of drug-likeness (QED) is 0.0640. The molecule has 2 atom stereocenters. The number of quaternary nitrogens is 1. The molecule has 1 heterocycles. The molecule has 0 amide bonds. The number of aliphatic hydroxyl groups is 1. The summed E-state index contributed by atoms with van der Waals surface area (Å²) in [6.07, 6.45) is 42.3. The molecule has 1 N–H and O–H groups in total. The molecule has 1 aliphatic rings. The lowest BCUT2D eigenvalue weighted by Crippen LogP contribution is -2.50. The lowest BCUT2D eigenvalue weighted by Gasteiger charge is -2.32. The molecular weight excluding hydrogens is 488 g/mol. The summed E-state index contributed by atoms with van der Waals surface area (Å²) >= 11 is 0. The van der Waals surface area contributed by atoms with Crippen molar-refractivity contribution in [3.8, 4) is 0 Å². The van der Waals surface area contributed by atoms with E-state index in [0.717, 1.165) is 30.5 Å². The Labute approximate surface area is 253 Å². The van der Waals surface area contributed by atoms with E-state index in [1.54, 1.807) is 0 Å². The number of nitrogens with zero attached hydrogens (tertiary/aromatic N) is 2. The van der Waals surface area contributed by atoms with Crippen molar-refractivity contribution in [3.05, 3.63) is 0 Å². The highest BCUT2D eigenvalue weighted by Gasteiger charge is 2.31. The van der Waals surface area contributed by atoms with Gasteiger partial charge in [-0.3, -0.25) is 4.48 Å². The van der Waals surface area contributed by atoms with Crippen LogP contribution in [-0.4, -0.2) is 48.2 Å². The summed E-state index contributed by atoms with van der Waals surface area (Å²) in [6, 6.07) is 0. The van der Waals surface area contributed by atoms with E-state index in [-0.39, 0.29) is 6.10 Å². The van der Waals surface area contributed by atoms with Crippen LogP contribution in [0.15, 0.2) is 4.99 Å². The van der Waals surface area contributed by atoms with Gasteiger partial charge in [0, 0.05) is 0 Å². The molecule has 0 bridgehead atoms. The van der Waals surface area contributed by atoms with Gasteiger partial charge >= 0.3 is 0 Å². The van der Waals surface area contributed by atoms with Crippen molar-refractivity contribution in [2.24, 2.45) is 4.99 Å². The molecule has 0 saturated heterocycles. The van der Waals surface area contributed by atoms with E-state index in [0.29, 0.717) is 0 Å². The maximum atomic E-state index is 10.8. The first-order chi connectivity index (χ1) is 19.7. The summed E-state index contributed by atoms with van der Waals surface area (Å²) in [6.45, 7) is 8.72. The number of aliphatic hydroxyl groups excluding tert-OH is 1. The first-order valence-corrected chi connectivity index (χ1v) is 18.8. The lowest BCUT2D eigenvalue weighted by molar-refractivity contribution is -0.832. The molecule has 0 saturated carbocycles. The van der Waals surface area contributed by atoms with Crippen molar-refractivity contribution in [2.45, 2.75) is 206 Å². The third kappa shape index (κ3) is 23.2. The van der Waals surface area contributed by atoms with Gasteiger partial charge in [0.2, 0.25) is 0 Å². The van der Waals surface area contributed by atoms with Crippen LogP contribution in [0.5, 0.6) is 0 Å². The number of aliphatic imine (C=N–C) groups is 1. The molecular formula is C37H75N2O+. The molecule has 2 unspecified atom stereocenters. The summed E-state index contributed by atoms with van der Waals surface area (Å²) in [5, 5.41) is 10.8. The minimum atomic E-state index is -0.159. The second kappa shape index (κ2) is 28.7. The zero-order valence-corrected chi connectivity index (χ0v) is 27.8. The standard InChI is InChI=1S/C37H75N2O/c1-3-5-7-9-11-13-15-17-18-19-20-21-23-25-27-29-31-37(40)35-39(34-32-38-36-39)33-30-28-26-24-22-16-14-12-10-8-6-4-2/h36-37,40H,3-35H2,1-2H3/q+1. The first-order valence-electron chi connectivity index (χ1n) is 18.8. The Morgan fingerprint density at radius 2 is 0.875 bits per heavy atom. The minimum Gasteiger partial charge on any atom is -0.387 e. The third-order valence-corrected chi connectivity index (χ3v) is 9.42.